The van der Waals surface area contributed by atoms with E-state index in [0.29, 0.717) is 11.6 Å². The third kappa shape index (κ3) is 6.23. The molecule has 7 nitrogen and oxygen atoms in total. The topological polar surface area (TPSA) is 93.5 Å². The molecule has 2 rings (SSSR count). The lowest BCUT2D eigenvalue weighted by Gasteiger charge is -2.19. The molecule has 2 N–H and O–H groups in total. The summed E-state index contributed by atoms with van der Waals surface area (Å²) < 4.78 is 10.6. The molecule has 2 aromatic rings. The maximum Gasteiger partial charge on any atom is 0.412 e. The summed E-state index contributed by atoms with van der Waals surface area (Å²) >= 11 is 0. The highest BCUT2D eigenvalue weighted by Crippen LogP contribution is 2.13. The van der Waals surface area contributed by atoms with Crippen molar-refractivity contribution in [2.75, 3.05) is 5.32 Å². The van der Waals surface area contributed by atoms with Crippen molar-refractivity contribution in [1.82, 2.24) is 10.3 Å². The van der Waals surface area contributed by atoms with Crippen molar-refractivity contribution in [2.24, 2.45) is 0 Å². The fourth-order valence-corrected chi connectivity index (χ4v) is 2.16. The summed E-state index contributed by atoms with van der Waals surface area (Å²) in [6.45, 7) is 9.35. The van der Waals surface area contributed by atoms with Gasteiger partial charge in [0.15, 0.2) is 0 Å². The molecule has 0 aliphatic heterocycles. The Labute approximate surface area is 153 Å². The fourth-order valence-electron chi connectivity index (χ4n) is 2.16. The normalized spacial score (nSPS) is 11.1. The Balaban J connectivity index is 1.82. The van der Waals surface area contributed by atoms with E-state index in [-0.39, 0.29) is 18.9 Å². The van der Waals surface area contributed by atoms with E-state index in [1.165, 1.54) is 0 Å². The summed E-state index contributed by atoms with van der Waals surface area (Å²) in [6.07, 6.45) is -0.287. The lowest BCUT2D eigenvalue weighted by Crippen LogP contribution is -2.27. The molecule has 0 aliphatic carbocycles. The molecule has 1 aromatic carbocycles. The van der Waals surface area contributed by atoms with Crippen LogP contribution in [0, 0.1) is 13.8 Å². The second kappa shape index (κ2) is 8.03. The molecule has 0 spiro atoms. The smallest absolute Gasteiger partial charge is 0.412 e. The second-order valence-electron chi connectivity index (χ2n) is 7.03. The minimum atomic E-state index is -0.554. The average molecular weight is 359 g/mol. The average Bonchev–Trinajstić information content (AvgIpc) is 2.84. The van der Waals surface area contributed by atoms with Gasteiger partial charge in [0.05, 0.1) is 18.7 Å². The van der Waals surface area contributed by atoms with E-state index >= 15 is 0 Å². The van der Waals surface area contributed by atoms with Crippen LogP contribution in [0.15, 0.2) is 28.7 Å². The maximum absolute atomic E-state index is 12.0. The van der Waals surface area contributed by atoms with Gasteiger partial charge < -0.3 is 14.5 Å². The fraction of sp³-hybridized carbons (Fsp3) is 0.421. The quantitative estimate of drug-likeness (QED) is 0.852. The number of carbonyl (C=O) groups is 2. The van der Waals surface area contributed by atoms with Crippen LogP contribution < -0.4 is 10.6 Å². The van der Waals surface area contributed by atoms with Crippen molar-refractivity contribution in [2.45, 2.75) is 53.2 Å². The van der Waals surface area contributed by atoms with Crippen LogP contribution in [0.5, 0.6) is 0 Å². The van der Waals surface area contributed by atoms with Gasteiger partial charge >= 0.3 is 6.09 Å². The SMILES string of the molecule is Cc1nc(CNC(=O)Cc2ccc(NC(=O)OC(C)(C)C)cc2)oc1C. The van der Waals surface area contributed by atoms with E-state index in [0.717, 1.165) is 17.0 Å². The van der Waals surface area contributed by atoms with E-state index in [4.69, 9.17) is 9.15 Å². The lowest BCUT2D eigenvalue weighted by molar-refractivity contribution is -0.120. The molecule has 0 unspecified atom stereocenters. The monoisotopic (exact) mass is 359 g/mol. The third-order valence-electron chi connectivity index (χ3n) is 3.47. The first kappa shape index (κ1) is 19.5. The molecule has 0 saturated carbocycles. The molecule has 7 heteroatoms. The molecule has 1 heterocycles. The number of benzene rings is 1. The molecule has 26 heavy (non-hydrogen) atoms. The molecule has 0 saturated heterocycles. The zero-order chi connectivity index (χ0) is 19.3. The second-order valence-corrected chi connectivity index (χ2v) is 7.03. The minimum Gasteiger partial charge on any atom is -0.444 e. The van der Waals surface area contributed by atoms with Crippen LogP contribution in [0.3, 0.4) is 0 Å². The molecule has 1 aromatic heterocycles. The number of ether oxygens (including phenoxy) is 1. The molecule has 0 fully saturated rings. The van der Waals surface area contributed by atoms with Crippen LogP contribution in [-0.4, -0.2) is 22.6 Å². The van der Waals surface area contributed by atoms with Crippen molar-refractivity contribution < 1.29 is 18.7 Å². The first-order valence-corrected chi connectivity index (χ1v) is 8.41. The van der Waals surface area contributed by atoms with Crippen molar-refractivity contribution >= 4 is 17.7 Å². The van der Waals surface area contributed by atoms with Gasteiger partial charge in [-0.1, -0.05) is 12.1 Å². The number of aromatic nitrogens is 1. The first-order chi connectivity index (χ1) is 12.1. The Morgan fingerprint density at radius 2 is 1.81 bits per heavy atom. The lowest BCUT2D eigenvalue weighted by atomic mass is 10.1. The number of amides is 2. The third-order valence-corrected chi connectivity index (χ3v) is 3.47. The van der Waals surface area contributed by atoms with Gasteiger partial charge in [-0.3, -0.25) is 10.1 Å². The molecule has 0 atom stereocenters. The molecule has 0 bridgehead atoms. The summed E-state index contributed by atoms with van der Waals surface area (Å²) in [6, 6.07) is 7.03. The van der Waals surface area contributed by atoms with E-state index in [1.54, 1.807) is 45.0 Å². The van der Waals surface area contributed by atoms with E-state index < -0.39 is 11.7 Å². The summed E-state index contributed by atoms with van der Waals surface area (Å²) in [4.78, 5) is 28.0. The predicted molar refractivity (Wildman–Crippen MR) is 97.8 cm³/mol. The Hall–Kier alpha value is -2.83. The number of anilines is 1. The van der Waals surface area contributed by atoms with Gasteiger partial charge in [-0.2, -0.15) is 0 Å². The Morgan fingerprint density at radius 1 is 1.15 bits per heavy atom. The molecular weight excluding hydrogens is 334 g/mol. The number of nitrogens with zero attached hydrogens (tertiary/aromatic N) is 1. The number of aryl methyl sites for hydroxylation is 2. The maximum atomic E-state index is 12.0. The number of hydrogen-bond donors (Lipinski definition) is 2. The predicted octanol–water partition coefficient (Wildman–Crippen LogP) is 3.50. The van der Waals surface area contributed by atoms with Crippen LogP contribution in [0.2, 0.25) is 0 Å². The van der Waals surface area contributed by atoms with Crippen LogP contribution >= 0.6 is 0 Å². The highest BCUT2D eigenvalue weighted by atomic mass is 16.6. The van der Waals surface area contributed by atoms with E-state index in [1.807, 2.05) is 13.8 Å². The number of oxazole rings is 1. The van der Waals surface area contributed by atoms with Crippen LogP contribution in [-0.2, 0) is 22.5 Å². The first-order valence-electron chi connectivity index (χ1n) is 8.41. The van der Waals surface area contributed by atoms with Gasteiger partial charge in [0.2, 0.25) is 11.8 Å². The van der Waals surface area contributed by atoms with Crippen LogP contribution in [0.25, 0.3) is 0 Å². The number of hydrogen-bond acceptors (Lipinski definition) is 5. The number of rotatable bonds is 5. The van der Waals surface area contributed by atoms with Crippen molar-refractivity contribution in [3.05, 3.63) is 47.2 Å². The highest BCUT2D eigenvalue weighted by molar-refractivity contribution is 5.85. The standard InChI is InChI=1S/C19H25N3O4/c1-12-13(2)25-17(21-12)11-20-16(23)10-14-6-8-15(9-7-14)22-18(24)26-19(3,4)5/h6-9H,10-11H2,1-5H3,(H,20,23)(H,22,24). The summed E-state index contributed by atoms with van der Waals surface area (Å²) in [5.74, 6) is 1.11. The zero-order valence-corrected chi connectivity index (χ0v) is 15.8. The Kier molecular flexibility index (Phi) is 6.02. The number of nitrogens with one attached hydrogen (secondary N) is 2. The summed E-state index contributed by atoms with van der Waals surface area (Å²) in [5, 5.41) is 5.43. The van der Waals surface area contributed by atoms with Crippen LogP contribution in [0.4, 0.5) is 10.5 Å². The minimum absolute atomic E-state index is 0.133. The summed E-state index contributed by atoms with van der Waals surface area (Å²) in [7, 11) is 0. The van der Waals surface area contributed by atoms with Crippen molar-refractivity contribution in [3.8, 4) is 0 Å². The molecule has 0 radical (unpaired) electrons. The zero-order valence-electron chi connectivity index (χ0n) is 15.8. The molecular formula is C19H25N3O4. The Morgan fingerprint density at radius 3 is 2.35 bits per heavy atom. The Bertz CT molecular complexity index is 754. The van der Waals surface area contributed by atoms with Crippen molar-refractivity contribution in [1.29, 1.82) is 0 Å². The van der Waals surface area contributed by atoms with Crippen LogP contribution in [0.1, 0.15) is 43.7 Å². The highest BCUT2D eigenvalue weighted by Gasteiger charge is 2.16. The van der Waals surface area contributed by atoms with Crippen molar-refractivity contribution in [3.63, 3.8) is 0 Å². The van der Waals surface area contributed by atoms with Gasteiger partial charge in [0.25, 0.3) is 0 Å². The molecule has 2 amide bonds. The van der Waals surface area contributed by atoms with Gasteiger partial charge in [-0.15, -0.1) is 0 Å². The molecule has 0 aliphatic rings. The van der Waals surface area contributed by atoms with E-state index in [9.17, 15) is 9.59 Å². The largest absolute Gasteiger partial charge is 0.444 e. The van der Waals surface area contributed by atoms with Gasteiger partial charge in [-0.25, -0.2) is 9.78 Å². The van der Waals surface area contributed by atoms with Gasteiger partial charge in [-0.05, 0) is 52.3 Å². The van der Waals surface area contributed by atoms with Gasteiger partial charge in [0, 0.05) is 5.69 Å². The summed E-state index contributed by atoms with van der Waals surface area (Å²) in [5.41, 5.74) is 1.70. The number of carbonyl (C=O) groups excluding carboxylic acids is 2. The van der Waals surface area contributed by atoms with E-state index in [2.05, 4.69) is 15.6 Å². The van der Waals surface area contributed by atoms with Gasteiger partial charge in [0.1, 0.15) is 11.4 Å². The molecule has 140 valence electrons.